The number of aryl methyl sites for hydroxylation is 2. The Hall–Kier alpha value is -2.68. The van der Waals surface area contributed by atoms with Crippen LogP contribution in [-0.4, -0.2) is 39.3 Å². The number of hydrogen-bond donors (Lipinski definition) is 2. The van der Waals surface area contributed by atoms with Crippen molar-refractivity contribution in [1.29, 1.82) is 0 Å². The molecule has 0 aliphatic carbocycles. The van der Waals surface area contributed by atoms with Gasteiger partial charge >= 0.3 is 11.9 Å². The second kappa shape index (κ2) is 8.43. The van der Waals surface area contributed by atoms with Crippen LogP contribution in [0.5, 0.6) is 0 Å². The lowest BCUT2D eigenvalue weighted by atomic mass is 10.2. The summed E-state index contributed by atoms with van der Waals surface area (Å²) < 4.78 is 6.40. The quantitative estimate of drug-likeness (QED) is 0.695. The Bertz CT molecular complexity index is 781. The highest BCUT2D eigenvalue weighted by atomic mass is 32.1. The van der Waals surface area contributed by atoms with E-state index in [0.29, 0.717) is 10.6 Å². The zero-order valence-electron chi connectivity index (χ0n) is 13.9. The van der Waals surface area contributed by atoms with Crippen molar-refractivity contribution in [1.82, 2.24) is 9.78 Å². The second-order valence-electron chi connectivity index (χ2n) is 5.09. The Morgan fingerprint density at radius 2 is 2.12 bits per heavy atom. The molecule has 0 bridgehead atoms. The Balaban J connectivity index is 2.13. The number of carboxylic acids is 1. The van der Waals surface area contributed by atoms with E-state index in [9.17, 15) is 14.4 Å². The van der Waals surface area contributed by atoms with E-state index in [1.54, 1.807) is 13.0 Å². The molecule has 0 fully saturated rings. The molecule has 2 rings (SSSR count). The molecule has 134 valence electrons. The number of aliphatic carboxylic acids is 1. The molecule has 0 aromatic carbocycles. The van der Waals surface area contributed by atoms with Crippen molar-refractivity contribution >= 4 is 34.2 Å². The molecule has 1 amide bonds. The van der Waals surface area contributed by atoms with Crippen molar-refractivity contribution in [2.45, 2.75) is 33.2 Å². The molecule has 0 saturated heterocycles. The lowest BCUT2D eigenvalue weighted by Crippen LogP contribution is -2.15. The summed E-state index contributed by atoms with van der Waals surface area (Å²) in [5.74, 6) is -1.89. The summed E-state index contributed by atoms with van der Waals surface area (Å²) in [6.07, 6.45) is 2.19. The number of hydrogen-bond acceptors (Lipinski definition) is 6. The molecule has 0 atom stereocenters. The summed E-state index contributed by atoms with van der Waals surface area (Å²) in [6.45, 7) is 4.09. The normalized spacial score (nSPS) is 10.5. The predicted octanol–water partition coefficient (Wildman–Crippen LogP) is 2.41. The van der Waals surface area contributed by atoms with E-state index in [0.717, 1.165) is 11.3 Å². The second-order valence-corrected chi connectivity index (χ2v) is 6.23. The third-order valence-corrected chi connectivity index (χ3v) is 4.48. The molecule has 9 heteroatoms. The number of amides is 1. The van der Waals surface area contributed by atoms with E-state index in [1.807, 2.05) is 6.92 Å². The summed E-state index contributed by atoms with van der Waals surface area (Å²) in [7, 11) is 0. The molecule has 0 aliphatic rings. The van der Waals surface area contributed by atoms with Crippen LogP contribution < -0.4 is 5.32 Å². The number of nitrogens with one attached hydrogen (secondary N) is 1. The molecular weight excluding hydrogens is 346 g/mol. The largest absolute Gasteiger partial charge is 0.481 e. The fourth-order valence-corrected chi connectivity index (χ4v) is 3.03. The highest BCUT2D eigenvalue weighted by molar-refractivity contribution is 7.16. The minimum atomic E-state index is -0.939. The fraction of sp³-hybridized carbons (Fsp3) is 0.375. The van der Waals surface area contributed by atoms with Crippen LogP contribution in [0.4, 0.5) is 5.00 Å². The third kappa shape index (κ3) is 4.90. The number of carbonyl (C=O) groups is 3. The van der Waals surface area contributed by atoms with Gasteiger partial charge in [-0.05, 0) is 25.5 Å². The average Bonchev–Trinajstić information content (AvgIpc) is 3.20. The van der Waals surface area contributed by atoms with Crippen molar-refractivity contribution in [3.8, 4) is 0 Å². The first kappa shape index (κ1) is 18.7. The van der Waals surface area contributed by atoms with Gasteiger partial charge in [0.2, 0.25) is 0 Å². The third-order valence-electron chi connectivity index (χ3n) is 3.28. The monoisotopic (exact) mass is 365 g/mol. The minimum Gasteiger partial charge on any atom is -0.481 e. The number of nitrogens with zero attached hydrogens (tertiary/aromatic N) is 2. The van der Waals surface area contributed by atoms with Crippen molar-refractivity contribution < 1.29 is 24.2 Å². The van der Waals surface area contributed by atoms with Gasteiger partial charge in [0.15, 0.2) is 5.69 Å². The Morgan fingerprint density at radius 3 is 2.76 bits per heavy atom. The minimum absolute atomic E-state index is 0.0828. The van der Waals surface area contributed by atoms with Crippen LogP contribution in [0.25, 0.3) is 0 Å². The molecule has 25 heavy (non-hydrogen) atoms. The van der Waals surface area contributed by atoms with Crippen molar-refractivity contribution in [3.63, 3.8) is 0 Å². The van der Waals surface area contributed by atoms with Gasteiger partial charge in [-0.25, -0.2) is 4.79 Å². The molecule has 2 heterocycles. The first-order valence-electron chi connectivity index (χ1n) is 7.81. The van der Waals surface area contributed by atoms with E-state index >= 15 is 0 Å². The molecule has 0 unspecified atom stereocenters. The van der Waals surface area contributed by atoms with E-state index < -0.39 is 17.8 Å². The maximum absolute atomic E-state index is 12.3. The van der Waals surface area contributed by atoms with Crippen LogP contribution in [0.2, 0.25) is 0 Å². The Kier molecular flexibility index (Phi) is 6.29. The first-order chi connectivity index (χ1) is 11.9. The average molecular weight is 365 g/mol. The summed E-state index contributed by atoms with van der Waals surface area (Å²) in [4.78, 5) is 35.9. The number of thiophene rings is 1. The van der Waals surface area contributed by atoms with Gasteiger partial charge in [-0.15, -0.1) is 11.3 Å². The van der Waals surface area contributed by atoms with E-state index in [2.05, 4.69) is 10.4 Å². The Labute approximate surface area is 148 Å². The standard InChI is InChI=1S/C16H19N3O5S/c1-3-10-9-11(16(23)24-4-2)15(25-10)17-14(22)12-5-7-19(18-12)8-6-13(20)21/h5,7,9H,3-4,6,8H2,1-2H3,(H,17,22)(H,20,21). The van der Waals surface area contributed by atoms with E-state index in [-0.39, 0.29) is 25.3 Å². The van der Waals surface area contributed by atoms with Gasteiger partial charge in [-0.3, -0.25) is 14.3 Å². The summed E-state index contributed by atoms with van der Waals surface area (Å²) in [5, 5.41) is 15.8. The van der Waals surface area contributed by atoms with Gasteiger partial charge < -0.3 is 15.2 Å². The van der Waals surface area contributed by atoms with E-state index in [4.69, 9.17) is 9.84 Å². The number of esters is 1. The molecular formula is C16H19N3O5S. The lowest BCUT2D eigenvalue weighted by molar-refractivity contribution is -0.137. The van der Waals surface area contributed by atoms with Gasteiger partial charge in [0.25, 0.3) is 5.91 Å². The summed E-state index contributed by atoms with van der Waals surface area (Å²) in [5.41, 5.74) is 0.467. The molecule has 0 spiro atoms. The molecule has 2 aromatic heterocycles. The van der Waals surface area contributed by atoms with E-state index in [1.165, 1.54) is 28.3 Å². The number of rotatable bonds is 8. The number of anilines is 1. The zero-order chi connectivity index (χ0) is 18.4. The van der Waals surface area contributed by atoms with Crippen LogP contribution in [-0.2, 0) is 22.5 Å². The lowest BCUT2D eigenvalue weighted by Gasteiger charge is -2.04. The molecule has 0 radical (unpaired) electrons. The van der Waals surface area contributed by atoms with Gasteiger partial charge in [-0.1, -0.05) is 6.92 Å². The van der Waals surface area contributed by atoms with Gasteiger partial charge in [0.05, 0.1) is 25.1 Å². The van der Waals surface area contributed by atoms with Gasteiger partial charge in [-0.2, -0.15) is 5.10 Å². The number of ether oxygens (including phenoxy) is 1. The molecule has 8 nitrogen and oxygen atoms in total. The van der Waals surface area contributed by atoms with Crippen LogP contribution in [0, 0.1) is 0 Å². The highest BCUT2D eigenvalue weighted by Gasteiger charge is 2.20. The van der Waals surface area contributed by atoms with Gasteiger partial charge in [0, 0.05) is 11.1 Å². The summed E-state index contributed by atoms with van der Waals surface area (Å²) in [6, 6.07) is 3.21. The zero-order valence-corrected chi connectivity index (χ0v) is 14.8. The maximum atomic E-state index is 12.3. The number of carbonyl (C=O) groups excluding carboxylic acids is 2. The van der Waals surface area contributed by atoms with Gasteiger partial charge in [0.1, 0.15) is 5.00 Å². The Morgan fingerprint density at radius 1 is 1.36 bits per heavy atom. The topological polar surface area (TPSA) is 111 Å². The summed E-state index contributed by atoms with van der Waals surface area (Å²) >= 11 is 1.31. The molecule has 0 saturated carbocycles. The highest BCUT2D eigenvalue weighted by Crippen LogP contribution is 2.29. The van der Waals surface area contributed by atoms with Crippen LogP contribution in [0.1, 0.15) is 46.0 Å². The molecule has 0 aliphatic heterocycles. The SMILES string of the molecule is CCOC(=O)c1cc(CC)sc1NC(=O)c1ccn(CCC(=O)O)n1. The molecule has 2 aromatic rings. The molecule has 2 N–H and O–H groups in total. The smallest absolute Gasteiger partial charge is 0.341 e. The van der Waals surface area contributed by atoms with Crippen LogP contribution in [0.15, 0.2) is 18.3 Å². The van der Waals surface area contributed by atoms with Crippen molar-refractivity contribution in [2.75, 3.05) is 11.9 Å². The predicted molar refractivity (Wildman–Crippen MR) is 92.1 cm³/mol. The first-order valence-corrected chi connectivity index (χ1v) is 8.62. The van der Waals surface area contributed by atoms with Crippen molar-refractivity contribution in [3.05, 3.63) is 34.5 Å². The maximum Gasteiger partial charge on any atom is 0.341 e. The number of aromatic nitrogens is 2. The fourth-order valence-electron chi connectivity index (χ4n) is 2.05. The van der Waals surface area contributed by atoms with Crippen LogP contribution >= 0.6 is 11.3 Å². The number of carboxylic acid groups (broad SMARTS) is 1. The van der Waals surface area contributed by atoms with Crippen LogP contribution in [0.3, 0.4) is 0 Å². The van der Waals surface area contributed by atoms with Crippen molar-refractivity contribution in [2.24, 2.45) is 0 Å².